The Hall–Kier alpha value is -2.47. The van der Waals surface area contributed by atoms with Crippen molar-refractivity contribution in [3.8, 4) is 5.75 Å². The number of ether oxygens (including phenoxy) is 1. The molecule has 3 N–H and O–H groups in total. The molecule has 25 heavy (non-hydrogen) atoms. The molecule has 5 nitrogen and oxygen atoms in total. The van der Waals surface area contributed by atoms with E-state index in [9.17, 15) is 9.18 Å². The number of anilines is 3. The smallest absolute Gasteiger partial charge is 0.243 e. The van der Waals surface area contributed by atoms with Gasteiger partial charge in [0.1, 0.15) is 17.2 Å². The quantitative estimate of drug-likeness (QED) is 0.816. The minimum absolute atomic E-state index is 0.0385. The molecule has 0 unspecified atom stereocenters. The second kappa shape index (κ2) is 6.44. The molecule has 0 atom stereocenters. The second-order valence-corrected chi connectivity index (χ2v) is 7.03. The van der Waals surface area contributed by atoms with E-state index < -0.39 is 11.4 Å². The SMILES string of the molecule is CC1(C)CN(CC(=O)Nc2ccc(F)c(Cl)c2)c2cc(N)ccc2O1. The van der Waals surface area contributed by atoms with Gasteiger partial charge < -0.3 is 20.7 Å². The van der Waals surface area contributed by atoms with Crippen LogP contribution in [-0.4, -0.2) is 24.6 Å². The first kappa shape index (κ1) is 17.4. The molecule has 1 heterocycles. The van der Waals surface area contributed by atoms with Crippen molar-refractivity contribution in [2.24, 2.45) is 0 Å². The Balaban J connectivity index is 1.78. The number of hydrogen-bond donors (Lipinski definition) is 2. The van der Waals surface area contributed by atoms with Crippen molar-refractivity contribution in [3.05, 3.63) is 47.2 Å². The van der Waals surface area contributed by atoms with Crippen LogP contribution < -0.4 is 20.7 Å². The first-order chi connectivity index (χ1) is 11.7. The maximum absolute atomic E-state index is 13.2. The highest BCUT2D eigenvalue weighted by Gasteiger charge is 2.32. The minimum atomic E-state index is -0.529. The molecule has 0 radical (unpaired) electrons. The molecule has 1 amide bonds. The number of amides is 1. The number of carbonyl (C=O) groups excluding carboxylic acids is 1. The lowest BCUT2D eigenvalue weighted by Crippen LogP contribution is -2.49. The van der Waals surface area contributed by atoms with E-state index in [0.717, 1.165) is 5.69 Å². The van der Waals surface area contributed by atoms with Crippen LogP contribution in [0, 0.1) is 5.82 Å². The average molecular weight is 364 g/mol. The van der Waals surface area contributed by atoms with Gasteiger partial charge in [0.15, 0.2) is 0 Å². The Bertz CT molecular complexity index is 826. The number of fused-ring (bicyclic) bond motifs is 1. The van der Waals surface area contributed by atoms with E-state index in [4.69, 9.17) is 22.1 Å². The molecule has 1 aliphatic rings. The maximum Gasteiger partial charge on any atom is 0.243 e. The summed E-state index contributed by atoms with van der Waals surface area (Å²) in [4.78, 5) is 14.3. The summed E-state index contributed by atoms with van der Waals surface area (Å²) in [5.74, 6) is -0.0872. The third-order valence-electron chi connectivity index (χ3n) is 3.82. The van der Waals surface area contributed by atoms with Crippen LogP contribution in [0.5, 0.6) is 5.75 Å². The van der Waals surface area contributed by atoms with Crippen LogP contribution >= 0.6 is 11.6 Å². The summed E-state index contributed by atoms with van der Waals surface area (Å²) in [5.41, 5.74) is 7.23. The van der Waals surface area contributed by atoms with E-state index in [1.54, 1.807) is 18.2 Å². The van der Waals surface area contributed by atoms with Crippen molar-refractivity contribution in [2.45, 2.75) is 19.4 Å². The molecule has 3 rings (SSSR count). The minimum Gasteiger partial charge on any atom is -0.484 e. The molecule has 1 aliphatic heterocycles. The summed E-state index contributed by atoms with van der Waals surface area (Å²) in [6.07, 6.45) is 0. The number of nitrogens with zero attached hydrogens (tertiary/aromatic N) is 1. The van der Waals surface area contributed by atoms with Gasteiger partial charge in [-0.15, -0.1) is 0 Å². The molecule has 7 heteroatoms. The van der Waals surface area contributed by atoms with Gasteiger partial charge in [-0.3, -0.25) is 4.79 Å². The Kier molecular flexibility index (Phi) is 4.47. The van der Waals surface area contributed by atoms with Crippen LogP contribution in [0.1, 0.15) is 13.8 Å². The fourth-order valence-corrected chi connectivity index (χ4v) is 3.01. The summed E-state index contributed by atoms with van der Waals surface area (Å²) in [5, 5.41) is 2.69. The zero-order valence-corrected chi connectivity index (χ0v) is 14.7. The van der Waals surface area contributed by atoms with Gasteiger partial charge in [0.25, 0.3) is 0 Å². The predicted molar refractivity (Wildman–Crippen MR) is 97.8 cm³/mol. The molecule has 0 saturated heterocycles. The van der Waals surface area contributed by atoms with Gasteiger partial charge in [-0.2, -0.15) is 0 Å². The largest absolute Gasteiger partial charge is 0.484 e. The molecule has 0 saturated carbocycles. The van der Waals surface area contributed by atoms with Crippen molar-refractivity contribution >= 4 is 34.6 Å². The van der Waals surface area contributed by atoms with E-state index in [1.165, 1.54) is 18.2 Å². The fourth-order valence-electron chi connectivity index (χ4n) is 2.83. The van der Waals surface area contributed by atoms with E-state index >= 15 is 0 Å². The van der Waals surface area contributed by atoms with E-state index in [1.807, 2.05) is 18.7 Å². The molecule has 2 aromatic carbocycles. The Morgan fingerprint density at radius 1 is 1.36 bits per heavy atom. The molecule has 0 aliphatic carbocycles. The molecule has 0 spiro atoms. The van der Waals surface area contributed by atoms with Gasteiger partial charge in [0.2, 0.25) is 5.91 Å². The molecular weight excluding hydrogens is 345 g/mol. The van der Waals surface area contributed by atoms with Crippen LogP contribution in [0.2, 0.25) is 5.02 Å². The molecular formula is C18H19ClFN3O2. The van der Waals surface area contributed by atoms with E-state index in [2.05, 4.69) is 5.32 Å². The van der Waals surface area contributed by atoms with Gasteiger partial charge in [-0.05, 0) is 50.2 Å². The van der Waals surface area contributed by atoms with Gasteiger partial charge in [0.05, 0.1) is 23.8 Å². The number of nitrogens with two attached hydrogens (primary N) is 1. The van der Waals surface area contributed by atoms with Crippen molar-refractivity contribution in [2.75, 3.05) is 29.0 Å². The molecule has 0 fully saturated rings. The number of rotatable bonds is 3. The number of hydrogen-bond acceptors (Lipinski definition) is 4. The Labute approximate surface area is 150 Å². The van der Waals surface area contributed by atoms with Gasteiger partial charge in [-0.1, -0.05) is 11.6 Å². The summed E-state index contributed by atoms with van der Waals surface area (Å²) >= 11 is 5.74. The average Bonchev–Trinajstić information content (AvgIpc) is 2.51. The zero-order chi connectivity index (χ0) is 18.2. The topological polar surface area (TPSA) is 67.6 Å². The van der Waals surface area contributed by atoms with E-state index in [0.29, 0.717) is 23.7 Å². The number of nitrogen functional groups attached to an aromatic ring is 1. The van der Waals surface area contributed by atoms with Crippen LogP contribution in [-0.2, 0) is 4.79 Å². The first-order valence-corrected chi connectivity index (χ1v) is 8.20. The van der Waals surface area contributed by atoms with Crippen LogP contribution in [0.3, 0.4) is 0 Å². The van der Waals surface area contributed by atoms with Gasteiger partial charge in [-0.25, -0.2) is 4.39 Å². The van der Waals surface area contributed by atoms with Crippen LogP contribution in [0.15, 0.2) is 36.4 Å². The number of halogens is 2. The molecule has 0 aromatic heterocycles. The third-order valence-corrected chi connectivity index (χ3v) is 4.11. The summed E-state index contributed by atoms with van der Waals surface area (Å²) in [7, 11) is 0. The Morgan fingerprint density at radius 2 is 2.12 bits per heavy atom. The Morgan fingerprint density at radius 3 is 2.84 bits per heavy atom. The van der Waals surface area contributed by atoms with E-state index in [-0.39, 0.29) is 17.5 Å². The van der Waals surface area contributed by atoms with Crippen molar-refractivity contribution < 1.29 is 13.9 Å². The molecule has 132 valence electrons. The fraction of sp³-hybridized carbons (Fsp3) is 0.278. The lowest BCUT2D eigenvalue weighted by Gasteiger charge is -2.40. The number of nitrogens with one attached hydrogen (secondary N) is 1. The lowest BCUT2D eigenvalue weighted by atomic mass is 10.0. The highest BCUT2D eigenvalue weighted by atomic mass is 35.5. The summed E-state index contributed by atoms with van der Waals surface area (Å²) in [6.45, 7) is 4.55. The zero-order valence-electron chi connectivity index (χ0n) is 14.0. The molecule has 2 aromatic rings. The summed E-state index contributed by atoms with van der Waals surface area (Å²) in [6, 6.07) is 9.41. The van der Waals surface area contributed by atoms with Crippen molar-refractivity contribution in [1.82, 2.24) is 0 Å². The highest BCUT2D eigenvalue weighted by Crippen LogP contribution is 2.38. The molecule has 0 bridgehead atoms. The van der Waals surface area contributed by atoms with Crippen molar-refractivity contribution in [1.29, 1.82) is 0 Å². The van der Waals surface area contributed by atoms with Crippen molar-refractivity contribution in [3.63, 3.8) is 0 Å². The standard InChI is InChI=1S/C18H19ClFN3O2/c1-18(2)10-23(15-7-11(21)3-6-16(15)25-18)9-17(24)22-12-4-5-14(20)13(19)8-12/h3-8H,9-10,21H2,1-2H3,(H,22,24). The van der Waals surface area contributed by atoms with Crippen LogP contribution in [0.25, 0.3) is 0 Å². The predicted octanol–water partition coefficient (Wildman–Crippen LogP) is 3.68. The number of carbonyl (C=O) groups is 1. The third kappa shape index (κ3) is 3.96. The monoisotopic (exact) mass is 363 g/mol. The normalized spacial score (nSPS) is 15.3. The number of benzene rings is 2. The van der Waals surface area contributed by atoms with Gasteiger partial charge in [0, 0.05) is 11.4 Å². The lowest BCUT2D eigenvalue weighted by molar-refractivity contribution is -0.115. The highest BCUT2D eigenvalue weighted by molar-refractivity contribution is 6.31. The maximum atomic E-state index is 13.2. The van der Waals surface area contributed by atoms with Crippen LogP contribution in [0.4, 0.5) is 21.5 Å². The first-order valence-electron chi connectivity index (χ1n) is 7.82. The summed E-state index contributed by atoms with van der Waals surface area (Å²) < 4.78 is 19.2. The van der Waals surface area contributed by atoms with Gasteiger partial charge >= 0.3 is 0 Å². The second-order valence-electron chi connectivity index (χ2n) is 6.62.